The fraction of sp³-hybridized carbons (Fsp3) is 0.385. The van der Waals surface area contributed by atoms with Gasteiger partial charge in [0.25, 0.3) is 0 Å². The molecule has 5 heteroatoms. The molecule has 0 spiro atoms. The molecule has 0 amide bonds. The zero-order valence-electron chi connectivity index (χ0n) is 10.3. The lowest BCUT2D eigenvalue weighted by Gasteiger charge is -2.14. The summed E-state index contributed by atoms with van der Waals surface area (Å²) in [5.41, 5.74) is 10.2. The van der Waals surface area contributed by atoms with Crippen LogP contribution in [-0.2, 0) is 6.54 Å². The second-order valence-electron chi connectivity index (χ2n) is 4.46. The van der Waals surface area contributed by atoms with Gasteiger partial charge in [-0.15, -0.1) is 0 Å². The molecule has 1 saturated heterocycles. The Morgan fingerprint density at radius 1 is 1.33 bits per heavy atom. The van der Waals surface area contributed by atoms with Crippen molar-refractivity contribution in [2.45, 2.75) is 19.4 Å². The van der Waals surface area contributed by atoms with Crippen LogP contribution >= 0.6 is 12.2 Å². The molecular weight excluding hydrogens is 244 g/mol. The lowest BCUT2D eigenvalue weighted by atomic mass is 10.1. The topological polar surface area (TPSA) is 53.6 Å². The summed E-state index contributed by atoms with van der Waals surface area (Å²) in [6, 6.07) is 8.38. The van der Waals surface area contributed by atoms with Gasteiger partial charge < -0.3 is 5.73 Å². The van der Waals surface area contributed by atoms with Crippen molar-refractivity contribution in [1.29, 1.82) is 0 Å². The second-order valence-corrected chi connectivity index (χ2v) is 4.90. The highest BCUT2D eigenvalue weighted by molar-refractivity contribution is 7.80. The van der Waals surface area contributed by atoms with E-state index in [1.54, 1.807) is 6.21 Å². The zero-order valence-corrected chi connectivity index (χ0v) is 11.1. The number of hydrazone groups is 1. The Morgan fingerprint density at radius 2 is 2.00 bits per heavy atom. The molecule has 0 saturated carbocycles. The highest BCUT2D eigenvalue weighted by Gasteiger charge is 2.11. The minimum absolute atomic E-state index is 0.178. The van der Waals surface area contributed by atoms with Gasteiger partial charge in [0.05, 0.1) is 6.21 Å². The first kappa shape index (κ1) is 13.0. The maximum atomic E-state index is 5.27. The molecule has 18 heavy (non-hydrogen) atoms. The molecule has 0 radical (unpaired) electrons. The standard InChI is InChI=1S/C13H18N4S/c14-13(18)16-15-9-11-3-5-12(6-4-11)10-17-7-1-2-8-17/h3-6,9H,1-2,7-8,10H2,(H3,14,16,18). The molecule has 1 aliphatic rings. The normalized spacial score (nSPS) is 16.2. The summed E-state index contributed by atoms with van der Waals surface area (Å²) < 4.78 is 0. The summed E-state index contributed by atoms with van der Waals surface area (Å²) in [5, 5.41) is 4.10. The van der Waals surface area contributed by atoms with Crippen LogP contribution in [0.4, 0.5) is 0 Å². The fourth-order valence-electron chi connectivity index (χ4n) is 2.08. The lowest BCUT2D eigenvalue weighted by Crippen LogP contribution is -2.24. The van der Waals surface area contributed by atoms with Crippen LogP contribution in [0, 0.1) is 0 Å². The van der Waals surface area contributed by atoms with Gasteiger partial charge in [0.1, 0.15) is 0 Å². The predicted octanol–water partition coefficient (Wildman–Crippen LogP) is 1.45. The van der Waals surface area contributed by atoms with E-state index in [0.717, 1.165) is 12.1 Å². The largest absolute Gasteiger partial charge is 0.375 e. The molecule has 2 rings (SSSR count). The third kappa shape index (κ3) is 4.09. The molecule has 1 aromatic rings. The first-order valence-corrected chi connectivity index (χ1v) is 6.55. The maximum Gasteiger partial charge on any atom is 0.184 e. The van der Waals surface area contributed by atoms with Crippen molar-refractivity contribution in [2.75, 3.05) is 13.1 Å². The number of hydrogen-bond donors (Lipinski definition) is 2. The smallest absolute Gasteiger partial charge is 0.184 e. The van der Waals surface area contributed by atoms with Crippen LogP contribution in [0.1, 0.15) is 24.0 Å². The molecule has 0 bridgehead atoms. The van der Waals surface area contributed by atoms with E-state index in [9.17, 15) is 0 Å². The molecule has 0 atom stereocenters. The van der Waals surface area contributed by atoms with Gasteiger partial charge in [-0.1, -0.05) is 24.3 Å². The number of likely N-dealkylation sites (tertiary alicyclic amines) is 1. The quantitative estimate of drug-likeness (QED) is 0.490. The van der Waals surface area contributed by atoms with Crippen LogP contribution in [0.3, 0.4) is 0 Å². The number of rotatable bonds is 4. The third-order valence-electron chi connectivity index (χ3n) is 2.97. The molecule has 96 valence electrons. The van der Waals surface area contributed by atoms with Gasteiger partial charge in [0, 0.05) is 6.54 Å². The van der Waals surface area contributed by atoms with E-state index in [-0.39, 0.29) is 5.11 Å². The molecule has 1 fully saturated rings. The Hall–Kier alpha value is -1.46. The molecule has 1 aromatic carbocycles. The average molecular weight is 262 g/mol. The van der Waals surface area contributed by atoms with Crippen LogP contribution in [0.5, 0.6) is 0 Å². The van der Waals surface area contributed by atoms with Crippen molar-refractivity contribution in [3.05, 3.63) is 35.4 Å². The number of nitrogens with one attached hydrogen (secondary N) is 1. The first-order chi connectivity index (χ1) is 8.74. The van der Waals surface area contributed by atoms with Crippen molar-refractivity contribution in [2.24, 2.45) is 10.8 Å². The monoisotopic (exact) mass is 262 g/mol. The Labute approximate surface area is 113 Å². The van der Waals surface area contributed by atoms with Crippen molar-refractivity contribution < 1.29 is 0 Å². The predicted molar refractivity (Wildman–Crippen MR) is 78.5 cm³/mol. The van der Waals surface area contributed by atoms with Crippen LogP contribution in [0.15, 0.2) is 29.4 Å². The molecule has 4 nitrogen and oxygen atoms in total. The number of hydrogen-bond acceptors (Lipinski definition) is 3. The molecule has 3 N–H and O–H groups in total. The lowest BCUT2D eigenvalue weighted by molar-refractivity contribution is 0.331. The number of benzene rings is 1. The van der Waals surface area contributed by atoms with E-state index in [1.807, 2.05) is 0 Å². The first-order valence-electron chi connectivity index (χ1n) is 6.14. The van der Waals surface area contributed by atoms with Crippen molar-refractivity contribution in [1.82, 2.24) is 10.3 Å². The number of nitrogens with two attached hydrogens (primary N) is 1. The van der Waals surface area contributed by atoms with E-state index in [0.29, 0.717) is 0 Å². The van der Waals surface area contributed by atoms with E-state index in [2.05, 4.69) is 51.9 Å². The highest BCUT2D eigenvalue weighted by atomic mass is 32.1. The van der Waals surface area contributed by atoms with Gasteiger partial charge in [-0.3, -0.25) is 10.3 Å². The molecule has 1 aliphatic heterocycles. The molecule has 0 aliphatic carbocycles. The Bertz CT molecular complexity index is 421. The minimum atomic E-state index is 0.178. The summed E-state index contributed by atoms with van der Waals surface area (Å²) in [5.74, 6) is 0. The van der Waals surface area contributed by atoms with Crippen LogP contribution in [0.25, 0.3) is 0 Å². The Balaban J connectivity index is 1.88. The summed E-state index contributed by atoms with van der Waals surface area (Å²) in [6.07, 6.45) is 4.36. The van der Waals surface area contributed by atoms with Crippen molar-refractivity contribution >= 4 is 23.5 Å². The minimum Gasteiger partial charge on any atom is -0.375 e. The maximum absolute atomic E-state index is 5.27. The van der Waals surface area contributed by atoms with Crippen molar-refractivity contribution in [3.63, 3.8) is 0 Å². The summed E-state index contributed by atoms with van der Waals surface area (Å²) >= 11 is 4.66. The van der Waals surface area contributed by atoms with Gasteiger partial charge in [-0.05, 0) is 49.3 Å². The Kier molecular flexibility index (Phi) is 4.66. The molecular formula is C13H18N4S. The van der Waals surface area contributed by atoms with E-state index < -0.39 is 0 Å². The number of nitrogens with zero attached hydrogens (tertiary/aromatic N) is 2. The Morgan fingerprint density at radius 3 is 2.61 bits per heavy atom. The van der Waals surface area contributed by atoms with Gasteiger partial charge >= 0.3 is 0 Å². The van der Waals surface area contributed by atoms with Gasteiger partial charge in [0.2, 0.25) is 0 Å². The average Bonchev–Trinajstić information content (AvgIpc) is 2.84. The van der Waals surface area contributed by atoms with E-state index >= 15 is 0 Å². The summed E-state index contributed by atoms with van der Waals surface area (Å²) in [4.78, 5) is 2.48. The molecule has 0 unspecified atom stereocenters. The van der Waals surface area contributed by atoms with Gasteiger partial charge in [0.15, 0.2) is 5.11 Å². The van der Waals surface area contributed by atoms with Crippen LogP contribution < -0.4 is 11.2 Å². The fourth-order valence-corrected chi connectivity index (χ4v) is 2.13. The molecule has 1 heterocycles. The zero-order chi connectivity index (χ0) is 12.8. The van der Waals surface area contributed by atoms with E-state index in [1.165, 1.54) is 31.5 Å². The van der Waals surface area contributed by atoms with Crippen LogP contribution in [0.2, 0.25) is 0 Å². The van der Waals surface area contributed by atoms with E-state index in [4.69, 9.17) is 5.73 Å². The summed E-state index contributed by atoms with van der Waals surface area (Å²) in [7, 11) is 0. The van der Waals surface area contributed by atoms with Crippen LogP contribution in [-0.4, -0.2) is 29.3 Å². The second kappa shape index (κ2) is 6.47. The number of thiocarbonyl (C=S) groups is 1. The van der Waals surface area contributed by atoms with Crippen molar-refractivity contribution in [3.8, 4) is 0 Å². The van der Waals surface area contributed by atoms with Gasteiger partial charge in [-0.2, -0.15) is 5.10 Å². The third-order valence-corrected chi connectivity index (χ3v) is 3.06. The summed E-state index contributed by atoms with van der Waals surface area (Å²) in [6.45, 7) is 3.49. The molecule has 0 aromatic heterocycles. The van der Waals surface area contributed by atoms with Gasteiger partial charge in [-0.25, -0.2) is 0 Å². The highest BCUT2D eigenvalue weighted by Crippen LogP contribution is 2.12. The SMILES string of the molecule is NC(=S)NN=Cc1ccc(CN2CCCC2)cc1.